The standard InChI is InChI=1S/C16H22O4/c1-9-5-6-12-15(19-12)8-16(18-4)11(7-14(9,15)3)10(2)13(17)20-16/h9,12H,5-8H2,1-4H3/t9-,12-,14+,15-,16+/m0/s1. The van der Waals surface area contributed by atoms with Gasteiger partial charge >= 0.3 is 5.97 Å². The number of hydrogen-bond acceptors (Lipinski definition) is 4. The van der Waals surface area contributed by atoms with Crippen molar-refractivity contribution in [2.45, 2.75) is 63.9 Å². The molecule has 4 rings (SSSR count). The quantitative estimate of drug-likeness (QED) is 0.546. The minimum Gasteiger partial charge on any atom is -0.425 e. The van der Waals surface area contributed by atoms with Crippen molar-refractivity contribution in [3.05, 3.63) is 11.1 Å². The van der Waals surface area contributed by atoms with E-state index in [1.807, 2.05) is 6.92 Å². The highest BCUT2D eigenvalue weighted by molar-refractivity contribution is 5.92. The molecule has 2 aliphatic carbocycles. The molecular weight excluding hydrogens is 256 g/mol. The lowest BCUT2D eigenvalue weighted by Gasteiger charge is -2.52. The molecule has 0 aromatic carbocycles. The molecule has 0 N–H and O–H groups in total. The van der Waals surface area contributed by atoms with Gasteiger partial charge in [0.2, 0.25) is 5.79 Å². The maximum Gasteiger partial charge on any atom is 0.336 e. The van der Waals surface area contributed by atoms with E-state index in [-0.39, 0.29) is 17.0 Å². The first-order valence-corrected chi connectivity index (χ1v) is 7.55. The first-order valence-electron chi connectivity index (χ1n) is 7.55. The lowest BCUT2D eigenvalue weighted by molar-refractivity contribution is -0.217. The van der Waals surface area contributed by atoms with Crippen LogP contribution in [-0.4, -0.2) is 30.6 Å². The predicted octanol–water partition coefficient (Wildman–Crippen LogP) is 2.57. The molecule has 0 amide bonds. The van der Waals surface area contributed by atoms with Crippen LogP contribution in [0.3, 0.4) is 0 Å². The Morgan fingerprint density at radius 2 is 2.10 bits per heavy atom. The third-order valence-corrected chi connectivity index (χ3v) is 6.58. The van der Waals surface area contributed by atoms with Gasteiger partial charge in [0.25, 0.3) is 0 Å². The zero-order valence-corrected chi connectivity index (χ0v) is 12.6. The van der Waals surface area contributed by atoms with Gasteiger partial charge in [-0.1, -0.05) is 13.8 Å². The topological polar surface area (TPSA) is 48.1 Å². The second-order valence-electron chi connectivity index (χ2n) is 7.20. The van der Waals surface area contributed by atoms with E-state index in [1.165, 1.54) is 6.42 Å². The maximum atomic E-state index is 12.0. The van der Waals surface area contributed by atoms with Gasteiger partial charge in [0.15, 0.2) is 0 Å². The molecule has 0 aromatic heterocycles. The average molecular weight is 278 g/mol. The van der Waals surface area contributed by atoms with Gasteiger partial charge in [-0.05, 0) is 32.1 Å². The molecule has 0 unspecified atom stereocenters. The van der Waals surface area contributed by atoms with Crippen molar-refractivity contribution in [1.82, 2.24) is 0 Å². The second-order valence-corrected chi connectivity index (χ2v) is 7.20. The highest BCUT2D eigenvalue weighted by atomic mass is 16.7. The number of methoxy groups -OCH3 is 1. The molecule has 4 aliphatic rings. The molecule has 4 heteroatoms. The van der Waals surface area contributed by atoms with Crippen molar-refractivity contribution in [2.24, 2.45) is 11.3 Å². The third kappa shape index (κ3) is 1.19. The van der Waals surface area contributed by atoms with Crippen molar-refractivity contribution >= 4 is 5.97 Å². The zero-order chi connectivity index (χ0) is 14.3. The van der Waals surface area contributed by atoms with Crippen LogP contribution in [0.5, 0.6) is 0 Å². The summed E-state index contributed by atoms with van der Waals surface area (Å²) >= 11 is 0. The summed E-state index contributed by atoms with van der Waals surface area (Å²) in [5.74, 6) is -0.510. The summed E-state index contributed by atoms with van der Waals surface area (Å²) in [6.45, 7) is 6.49. The molecule has 4 nitrogen and oxygen atoms in total. The van der Waals surface area contributed by atoms with Crippen LogP contribution in [-0.2, 0) is 19.0 Å². The first-order chi connectivity index (χ1) is 9.38. The molecule has 1 saturated heterocycles. The van der Waals surface area contributed by atoms with Crippen LogP contribution in [0, 0.1) is 11.3 Å². The molecule has 2 saturated carbocycles. The van der Waals surface area contributed by atoms with Crippen molar-refractivity contribution in [2.75, 3.05) is 7.11 Å². The summed E-state index contributed by atoms with van der Waals surface area (Å²) in [6, 6.07) is 0. The number of ether oxygens (including phenoxy) is 3. The Kier molecular flexibility index (Phi) is 2.23. The second kappa shape index (κ2) is 3.47. The Balaban J connectivity index is 1.84. The summed E-state index contributed by atoms with van der Waals surface area (Å²) in [5, 5.41) is 0. The van der Waals surface area contributed by atoms with Crippen LogP contribution >= 0.6 is 0 Å². The first kappa shape index (κ1) is 12.8. The Hall–Kier alpha value is -0.870. The van der Waals surface area contributed by atoms with Crippen LogP contribution in [0.4, 0.5) is 0 Å². The molecule has 1 spiro atoms. The lowest BCUT2D eigenvalue weighted by atomic mass is 9.53. The molecule has 110 valence electrons. The Bertz CT molecular complexity index is 539. The van der Waals surface area contributed by atoms with Crippen LogP contribution in [0.1, 0.15) is 46.5 Å². The molecule has 2 heterocycles. The van der Waals surface area contributed by atoms with E-state index in [0.717, 1.165) is 24.0 Å². The van der Waals surface area contributed by atoms with E-state index < -0.39 is 5.79 Å². The summed E-state index contributed by atoms with van der Waals surface area (Å²) < 4.78 is 17.5. The minimum atomic E-state index is -0.869. The number of carbonyl (C=O) groups is 1. The Morgan fingerprint density at radius 1 is 1.35 bits per heavy atom. The number of fused-ring (bicyclic) bond motifs is 1. The molecule has 3 fully saturated rings. The fourth-order valence-electron chi connectivity index (χ4n) is 4.89. The van der Waals surface area contributed by atoms with Crippen LogP contribution in [0.25, 0.3) is 0 Å². The monoisotopic (exact) mass is 278 g/mol. The lowest BCUT2D eigenvalue weighted by Crippen LogP contribution is -2.57. The molecular formula is C16H22O4. The van der Waals surface area contributed by atoms with E-state index in [1.54, 1.807) is 7.11 Å². The number of rotatable bonds is 1. The molecule has 5 atom stereocenters. The molecule has 0 aromatic rings. The number of hydrogen-bond donors (Lipinski definition) is 0. The van der Waals surface area contributed by atoms with E-state index in [2.05, 4.69) is 13.8 Å². The van der Waals surface area contributed by atoms with Crippen molar-refractivity contribution in [3.63, 3.8) is 0 Å². The highest BCUT2D eigenvalue weighted by Gasteiger charge is 2.76. The van der Waals surface area contributed by atoms with Gasteiger partial charge < -0.3 is 14.2 Å². The van der Waals surface area contributed by atoms with Gasteiger partial charge in [-0.15, -0.1) is 0 Å². The molecule has 20 heavy (non-hydrogen) atoms. The molecule has 2 aliphatic heterocycles. The van der Waals surface area contributed by atoms with Gasteiger partial charge in [0, 0.05) is 30.1 Å². The molecule has 0 bridgehead atoms. The normalized spacial score (nSPS) is 53.1. The summed E-state index contributed by atoms with van der Waals surface area (Å²) in [4.78, 5) is 12.0. The summed E-state index contributed by atoms with van der Waals surface area (Å²) in [5.41, 5.74) is 1.71. The average Bonchev–Trinajstić information content (AvgIpc) is 3.07. The van der Waals surface area contributed by atoms with Crippen LogP contribution in [0.15, 0.2) is 11.1 Å². The SMILES string of the molecule is CO[C@@]12C[C@]34O[C@H]3CC[C@H](C)[C@@]4(C)CC1=C(C)C(=O)O2. The van der Waals surface area contributed by atoms with Crippen molar-refractivity contribution in [1.29, 1.82) is 0 Å². The van der Waals surface area contributed by atoms with Gasteiger partial charge in [0.1, 0.15) is 5.60 Å². The minimum absolute atomic E-state index is 0.0858. The fourth-order valence-corrected chi connectivity index (χ4v) is 4.89. The number of epoxide rings is 1. The van der Waals surface area contributed by atoms with E-state index in [0.29, 0.717) is 18.4 Å². The van der Waals surface area contributed by atoms with Gasteiger partial charge in [-0.2, -0.15) is 0 Å². The predicted molar refractivity (Wildman–Crippen MR) is 71.9 cm³/mol. The van der Waals surface area contributed by atoms with Gasteiger partial charge in [-0.3, -0.25) is 0 Å². The van der Waals surface area contributed by atoms with Crippen LogP contribution in [0.2, 0.25) is 0 Å². The van der Waals surface area contributed by atoms with E-state index in [9.17, 15) is 4.79 Å². The highest BCUT2D eigenvalue weighted by Crippen LogP contribution is 2.70. The summed E-state index contributed by atoms with van der Waals surface area (Å²) in [6.07, 6.45) is 4.13. The largest absolute Gasteiger partial charge is 0.425 e. The number of esters is 1. The third-order valence-electron chi connectivity index (χ3n) is 6.58. The van der Waals surface area contributed by atoms with E-state index in [4.69, 9.17) is 14.2 Å². The Labute approximate surface area is 119 Å². The van der Waals surface area contributed by atoms with Crippen molar-refractivity contribution in [3.8, 4) is 0 Å². The maximum absolute atomic E-state index is 12.0. The van der Waals surface area contributed by atoms with Gasteiger partial charge in [-0.25, -0.2) is 4.79 Å². The number of carbonyl (C=O) groups excluding carboxylic acids is 1. The molecule has 0 radical (unpaired) electrons. The van der Waals surface area contributed by atoms with E-state index >= 15 is 0 Å². The van der Waals surface area contributed by atoms with Crippen molar-refractivity contribution < 1.29 is 19.0 Å². The fraction of sp³-hybridized carbons (Fsp3) is 0.812. The summed E-state index contributed by atoms with van der Waals surface area (Å²) in [7, 11) is 1.63. The Morgan fingerprint density at radius 3 is 2.80 bits per heavy atom. The van der Waals surface area contributed by atoms with Crippen LogP contribution < -0.4 is 0 Å². The van der Waals surface area contributed by atoms with Gasteiger partial charge in [0.05, 0.1) is 6.10 Å². The smallest absolute Gasteiger partial charge is 0.336 e. The zero-order valence-electron chi connectivity index (χ0n) is 12.6.